The summed E-state index contributed by atoms with van der Waals surface area (Å²) in [6.45, 7) is 4.61. The van der Waals surface area contributed by atoms with Gasteiger partial charge in [-0.1, -0.05) is 30.3 Å². The van der Waals surface area contributed by atoms with E-state index in [1.54, 1.807) is 15.6 Å². The van der Waals surface area contributed by atoms with Gasteiger partial charge in [0.2, 0.25) is 0 Å². The van der Waals surface area contributed by atoms with Crippen LogP contribution in [0, 0.1) is 0 Å². The maximum Gasteiger partial charge on any atom is 0.252 e. The average Bonchev–Trinajstić information content (AvgIpc) is 3.33. The number of carbonyl (C=O) groups excluding carboxylic acids is 1. The van der Waals surface area contributed by atoms with Crippen molar-refractivity contribution in [1.82, 2.24) is 29.9 Å². The first kappa shape index (κ1) is 17.9. The number of rotatable bonds is 5. The smallest absolute Gasteiger partial charge is 0.252 e. The van der Waals surface area contributed by atoms with Gasteiger partial charge in [0.15, 0.2) is 5.65 Å². The third-order valence-electron chi connectivity index (χ3n) is 4.75. The summed E-state index contributed by atoms with van der Waals surface area (Å²) in [4.78, 5) is 17.9. The Morgan fingerprint density at radius 2 is 2.00 bits per heavy atom. The highest BCUT2D eigenvalue weighted by Gasteiger charge is 2.19. The van der Waals surface area contributed by atoms with Gasteiger partial charge >= 0.3 is 0 Å². The van der Waals surface area contributed by atoms with Gasteiger partial charge in [0.05, 0.1) is 34.6 Å². The minimum atomic E-state index is -0.210. The lowest BCUT2D eigenvalue weighted by Gasteiger charge is -2.13. The fourth-order valence-corrected chi connectivity index (χ4v) is 3.24. The summed E-state index contributed by atoms with van der Waals surface area (Å²) in [7, 11) is 1.86. The molecule has 0 aliphatic carbocycles. The van der Waals surface area contributed by atoms with Crippen LogP contribution < -0.4 is 5.32 Å². The maximum atomic E-state index is 13.1. The number of nitrogens with one attached hydrogen (secondary N) is 1. The highest BCUT2D eigenvalue weighted by Crippen LogP contribution is 2.25. The lowest BCUT2D eigenvalue weighted by molar-refractivity contribution is 0.0940. The van der Waals surface area contributed by atoms with Crippen molar-refractivity contribution >= 4 is 16.9 Å². The molecule has 0 aliphatic rings. The summed E-state index contributed by atoms with van der Waals surface area (Å²) < 4.78 is 3.53. The van der Waals surface area contributed by atoms with Crippen molar-refractivity contribution in [2.75, 3.05) is 0 Å². The number of amides is 1. The van der Waals surface area contributed by atoms with Crippen molar-refractivity contribution in [3.05, 3.63) is 66.1 Å². The molecule has 1 N–H and O–H groups in total. The maximum absolute atomic E-state index is 13.1. The predicted molar refractivity (Wildman–Crippen MR) is 108 cm³/mol. The Morgan fingerprint density at radius 3 is 2.68 bits per heavy atom. The first-order chi connectivity index (χ1) is 13.6. The number of carbonyl (C=O) groups is 1. The molecule has 3 heterocycles. The van der Waals surface area contributed by atoms with Crippen molar-refractivity contribution in [2.24, 2.45) is 7.05 Å². The van der Waals surface area contributed by atoms with Crippen LogP contribution in [0.3, 0.4) is 0 Å². The lowest BCUT2D eigenvalue weighted by Crippen LogP contribution is -2.27. The van der Waals surface area contributed by atoms with E-state index in [-0.39, 0.29) is 11.9 Å². The molecule has 1 aromatic carbocycles. The second-order valence-electron chi connectivity index (χ2n) is 6.73. The molecular formula is C21H22N6O. The zero-order valence-corrected chi connectivity index (χ0v) is 16.1. The zero-order valence-electron chi connectivity index (χ0n) is 16.1. The van der Waals surface area contributed by atoms with Gasteiger partial charge in [-0.3, -0.25) is 9.48 Å². The van der Waals surface area contributed by atoms with Crippen molar-refractivity contribution in [1.29, 1.82) is 0 Å². The number of fused-ring (bicyclic) bond motifs is 1. The Hall–Kier alpha value is -3.48. The normalized spacial score (nSPS) is 12.2. The molecule has 142 valence electrons. The molecule has 1 atom stereocenters. The standard InChI is InChI=1S/C21H22N6O/c1-4-27-20-17(13-22-27)16(12-19(24-20)15-8-6-5-7-9-15)21(28)23-14(2)18-10-11-26(3)25-18/h5-14H,4H2,1-3H3,(H,23,28)/t14-/m0/s1. The predicted octanol–water partition coefficient (Wildman–Crippen LogP) is 3.34. The van der Waals surface area contributed by atoms with E-state index in [2.05, 4.69) is 15.5 Å². The van der Waals surface area contributed by atoms with Crippen LogP contribution in [0.25, 0.3) is 22.3 Å². The highest BCUT2D eigenvalue weighted by molar-refractivity contribution is 6.06. The molecule has 0 spiro atoms. The first-order valence-corrected chi connectivity index (χ1v) is 9.29. The van der Waals surface area contributed by atoms with E-state index in [1.807, 2.05) is 69.6 Å². The van der Waals surface area contributed by atoms with Crippen LogP contribution in [0.4, 0.5) is 0 Å². The lowest BCUT2D eigenvalue weighted by atomic mass is 10.1. The minimum absolute atomic E-state index is 0.168. The van der Waals surface area contributed by atoms with Gasteiger partial charge in [0.25, 0.3) is 5.91 Å². The molecular weight excluding hydrogens is 352 g/mol. The monoisotopic (exact) mass is 374 g/mol. The van der Waals surface area contributed by atoms with Crippen molar-refractivity contribution in [3.8, 4) is 11.3 Å². The van der Waals surface area contributed by atoms with Crippen LogP contribution in [-0.4, -0.2) is 30.5 Å². The summed E-state index contributed by atoms with van der Waals surface area (Å²) in [6.07, 6.45) is 3.57. The summed E-state index contributed by atoms with van der Waals surface area (Å²) in [5, 5.41) is 12.6. The van der Waals surface area contributed by atoms with E-state index >= 15 is 0 Å². The van der Waals surface area contributed by atoms with E-state index in [4.69, 9.17) is 4.98 Å². The van der Waals surface area contributed by atoms with Gasteiger partial charge in [-0.15, -0.1) is 0 Å². The van der Waals surface area contributed by atoms with Crippen LogP contribution in [-0.2, 0) is 13.6 Å². The molecule has 4 aromatic rings. The number of nitrogens with zero attached hydrogens (tertiary/aromatic N) is 5. The van der Waals surface area contributed by atoms with Gasteiger partial charge in [0, 0.05) is 25.4 Å². The molecule has 7 nitrogen and oxygen atoms in total. The molecule has 0 bridgehead atoms. The molecule has 28 heavy (non-hydrogen) atoms. The SMILES string of the molecule is CCn1ncc2c(C(=O)N[C@@H](C)c3ccn(C)n3)cc(-c3ccccc3)nc21. The van der Waals surface area contributed by atoms with E-state index < -0.39 is 0 Å². The van der Waals surface area contributed by atoms with E-state index in [9.17, 15) is 4.79 Å². The van der Waals surface area contributed by atoms with Crippen LogP contribution in [0.1, 0.15) is 35.9 Å². The summed E-state index contributed by atoms with van der Waals surface area (Å²) >= 11 is 0. The average molecular weight is 374 g/mol. The molecule has 0 fully saturated rings. The van der Waals surface area contributed by atoms with Crippen LogP contribution in [0.15, 0.2) is 54.9 Å². The topological polar surface area (TPSA) is 77.6 Å². The Bertz CT molecular complexity index is 1130. The van der Waals surface area contributed by atoms with Gasteiger partial charge in [-0.25, -0.2) is 9.67 Å². The van der Waals surface area contributed by atoms with E-state index in [0.29, 0.717) is 17.8 Å². The molecule has 1 amide bonds. The summed E-state index contributed by atoms with van der Waals surface area (Å²) in [5.74, 6) is -0.168. The quantitative estimate of drug-likeness (QED) is 0.581. The fraction of sp³-hybridized carbons (Fsp3) is 0.238. The van der Waals surface area contributed by atoms with Crippen LogP contribution in [0.5, 0.6) is 0 Å². The molecule has 0 saturated carbocycles. The van der Waals surface area contributed by atoms with Gasteiger partial charge in [-0.05, 0) is 26.0 Å². The Kier molecular flexibility index (Phi) is 4.65. The molecule has 7 heteroatoms. The van der Waals surface area contributed by atoms with Crippen LogP contribution in [0.2, 0.25) is 0 Å². The molecule has 0 aliphatic heterocycles. The molecule has 4 rings (SSSR count). The largest absolute Gasteiger partial charge is 0.344 e. The second kappa shape index (κ2) is 7.26. The molecule has 0 radical (unpaired) electrons. The summed E-state index contributed by atoms with van der Waals surface area (Å²) in [5.41, 5.74) is 3.79. The van der Waals surface area contributed by atoms with E-state index in [1.165, 1.54) is 0 Å². The second-order valence-corrected chi connectivity index (χ2v) is 6.73. The molecule has 0 unspecified atom stereocenters. The van der Waals surface area contributed by atoms with Crippen molar-refractivity contribution in [2.45, 2.75) is 26.4 Å². The fourth-order valence-electron chi connectivity index (χ4n) is 3.24. The summed E-state index contributed by atoms with van der Waals surface area (Å²) in [6, 6.07) is 13.4. The third kappa shape index (κ3) is 3.26. The van der Waals surface area contributed by atoms with E-state index in [0.717, 1.165) is 22.3 Å². The van der Waals surface area contributed by atoms with Crippen LogP contribution >= 0.6 is 0 Å². The Balaban J connectivity index is 1.76. The highest BCUT2D eigenvalue weighted by atomic mass is 16.1. The number of aromatic nitrogens is 5. The molecule has 0 saturated heterocycles. The Morgan fingerprint density at radius 1 is 1.21 bits per heavy atom. The zero-order chi connectivity index (χ0) is 19.7. The number of hydrogen-bond donors (Lipinski definition) is 1. The van der Waals surface area contributed by atoms with Gasteiger partial charge < -0.3 is 5.32 Å². The Labute approximate surface area is 163 Å². The minimum Gasteiger partial charge on any atom is -0.344 e. The number of aryl methyl sites for hydroxylation is 2. The van der Waals surface area contributed by atoms with Crippen molar-refractivity contribution < 1.29 is 4.79 Å². The number of hydrogen-bond acceptors (Lipinski definition) is 4. The number of benzene rings is 1. The van der Waals surface area contributed by atoms with Gasteiger partial charge in [0.1, 0.15) is 0 Å². The third-order valence-corrected chi connectivity index (χ3v) is 4.75. The first-order valence-electron chi connectivity index (χ1n) is 9.29. The molecule has 3 aromatic heterocycles. The van der Waals surface area contributed by atoms with Crippen molar-refractivity contribution in [3.63, 3.8) is 0 Å². The van der Waals surface area contributed by atoms with Gasteiger partial charge in [-0.2, -0.15) is 10.2 Å². The number of pyridine rings is 1.